The van der Waals surface area contributed by atoms with Crippen LogP contribution in [-0.2, 0) is 27.2 Å². The number of nitrogens with zero attached hydrogens (tertiary/aromatic N) is 3. The Balaban J connectivity index is 2.06. The number of pyridine rings is 1. The highest BCUT2D eigenvalue weighted by Gasteiger charge is 2.22. The number of hydrogen-bond donors (Lipinski definition) is 1. The van der Waals surface area contributed by atoms with E-state index in [2.05, 4.69) is 28.3 Å². The molecule has 0 bridgehead atoms. The number of nitriles is 1. The van der Waals surface area contributed by atoms with Gasteiger partial charge in [0, 0.05) is 11.1 Å². The maximum Gasteiger partial charge on any atom is 0.311 e. The van der Waals surface area contributed by atoms with Gasteiger partial charge in [0.1, 0.15) is 11.1 Å². The summed E-state index contributed by atoms with van der Waals surface area (Å²) >= 11 is 2.55. The number of rotatable bonds is 10. The summed E-state index contributed by atoms with van der Waals surface area (Å²) in [6.45, 7) is 6.05. The monoisotopic (exact) mass is 432 g/mol. The Morgan fingerprint density at radius 2 is 2.07 bits per heavy atom. The quantitative estimate of drug-likeness (QED) is 0.447. The van der Waals surface area contributed by atoms with Gasteiger partial charge in [-0.15, -0.1) is 11.3 Å². The van der Waals surface area contributed by atoms with Crippen molar-refractivity contribution >= 4 is 40.1 Å². The van der Waals surface area contributed by atoms with Gasteiger partial charge in [-0.2, -0.15) is 5.26 Å². The van der Waals surface area contributed by atoms with E-state index in [0.29, 0.717) is 34.4 Å². The Kier molecular flexibility index (Phi) is 9.09. The molecule has 7 nitrogen and oxygen atoms in total. The van der Waals surface area contributed by atoms with Gasteiger partial charge in [-0.1, -0.05) is 32.0 Å². The second-order valence-electron chi connectivity index (χ2n) is 6.15. The predicted molar refractivity (Wildman–Crippen MR) is 114 cm³/mol. The van der Waals surface area contributed by atoms with Gasteiger partial charge < -0.3 is 10.1 Å². The number of anilines is 1. The topological polar surface area (TPSA) is 105 Å². The first-order valence-electron chi connectivity index (χ1n) is 9.48. The van der Waals surface area contributed by atoms with E-state index in [4.69, 9.17) is 4.74 Å². The van der Waals surface area contributed by atoms with E-state index in [-0.39, 0.29) is 18.3 Å². The molecule has 1 unspecified atom stereocenters. The zero-order valence-corrected chi connectivity index (χ0v) is 18.4. The molecule has 0 saturated carbocycles. The van der Waals surface area contributed by atoms with Gasteiger partial charge in [-0.3, -0.25) is 9.59 Å². The van der Waals surface area contributed by atoms with E-state index in [1.165, 1.54) is 23.1 Å². The fraction of sp³-hybridized carbons (Fsp3) is 0.450. The highest BCUT2D eigenvalue weighted by atomic mass is 32.2. The fourth-order valence-corrected chi connectivity index (χ4v) is 4.22. The molecule has 0 fully saturated rings. The molecular weight excluding hydrogens is 408 g/mol. The van der Waals surface area contributed by atoms with Crippen LogP contribution < -0.4 is 5.32 Å². The standard InChI is InChI=1S/C20H24N4O3S2/c1-4-7-14-9-8-13(11-21)19(22-14)29-16(5-2)18(26)24-20-23-15(12-28-20)10-17(25)27-6-3/h8-9,12,16H,4-7,10H2,1-3H3,(H,23,24,26). The van der Waals surface area contributed by atoms with Crippen molar-refractivity contribution in [3.8, 4) is 6.07 Å². The number of thiazole rings is 1. The molecular formula is C20H24N4O3S2. The average Bonchev–Trinajstić information content (AvgIpc) is 3.13. The first-order chi connectivity index (χ1) is 14.0. The molecule has 0 spiro atoms. The summed E-state index contributed by atoms with van der Waals surface area (Å²) in [7, 11) is 0. The summed E-state index contributed by atoms with van der Waals surface area (Å²) < 4.78 is 4.91. The van der Waals surface area contributed by atoms with Crippen LogP contribution in [0.5, 0.6) is 0 Å². The first kappa shape index (κ1) is 22.8. The van der Waals surface area contributed by atoms with Gasteiger partial charge >= 0.3 is 5.97 Å². The van der Waals surface area contributed by atoms with E-state index >= 15 is 0 Å². The number of carbonyl (C=O) groups is 2. The fourth-order valence-electron chi connectivity index (χ4n) is 2.50. The van der Waals surface area contributed by atoms with Crippen LogP contribution in [0.2, 0.25) is 0 Å². The van der Waals surface area contributed by atoms with Crippen LogP contribution in [0.4, 0.5) is 5.13 Å². The number of thioether (sulfide) groups is 1. The zero-order chi connectivity index (χ0) is 21.2. The number of nitrogens with one attached hydrogen (secondary N) is 1. The molecule has 154 valence electrons. The number of carbonyl (C=O) groups excluding carboxylic acids is 2. The highest BCUT2D eigenvalue weighted by Crippen LogP contribution is 2.28. The maximum absolute atomic E-state index is 12.7. The normalized spacial score (nSPS) is 11.5. The number of aromatic nitrogens is 2. The molecule has 2 aromatic rings. The number of hydrogen-bond acceptors (Lipinski definition) is 8. The van der Waals surface area contributed by atoms with E-state index in [1.54, 1.807) is 18.4 Å². The minimum Gasteiger partial charge on any atom is -0.466 e. The van der Waals surface area contributed by atoms with E-state index in [0.717, 1.165) is 18.5 Å². The number of aryl methyl sites for hydroxylation is 1. The molecule has 9 heteroatoms. The lowest BCUT2D eigenvalue weighted by molar-refractivity contribution is -0.142. The summed E-state index contributed by atoms with van der Waals surface area (Å²) in [4.78, 5) is 33.1. The smallest absolute Gasteiger partial charge is 0.311 e. The van der Waals surface area contributed by atoms with Crippen LogP contribution in [0, 0.1) is 11.3 Å². The lowest BCUT2D eigenvalue weighted by Crippen LogP contribution is -2.24. The molecule has 2 rings (SSSR count). The van der Waals surface area contributed by atoms with Crippen molar-refractivity contribution in [1.29, 1.82) is 5.26 Å². The van der Waals surface area contributed by atoms with Gasteiger partial charge in [0.05, 0.1) is 29.5 Å². The van der Waals surface area contributed by atoms with E-state index < -0.39 is 5.25 Å². The first-order valence-corrected chi connectivity index (χ1v) is 11.2. The molecule has 29 heavy (non-hydrogen) atoms. The molecule has 1 N–H and O–H groups in total. The summed E-state index contributed by atoms with van der Waals surface area (Å²) in [5, 5.41) is 14.5. The molecule has 0 radical (unpaired) electrons. The number of amides is 1. The number of esters is 1. The van der Waals surface area contributed by atoms with Crippen molar-refractivity contribution in [2.24, 2.45) is 0 Å². The van der Waals surface area contributed by atoms with Crippen molar-refractivity contribution in [2.75, 3.05) is 11.9 Å². The van der Waals surface area contributed by atoms with Crippen LogP contribution in [-0.4, -0.2) is 33.7 Å². The average molecular weight is 433 g/mol. The van der Waals surface area contributed by atoms with Crippen molar-refractivity contribution in [3.63, 3.8) is 0 Å². The van der Waals surface area contributed by atoms with E-state index in [9.17, 15) is 14.9 Å². The van der Waals surface area contributed by atoms with Gasteiger partial charge in [0.2, 0.25) is 5.91 Å². The predicted octanol–water partition coefficient (Wildman–Crippen LogP) is 3.98. The Bertz CT molecular complexity index is 892. The van der Waals surface area contributed by atoms with Crippen molar-refractivity contribution < 1.29 is 14.3 Å². The van der Waals surface area contributed by atoms with Crippen molar-refractivity contribution in [2.45, 2.75) is 56.7 Å². The third kappa shape index (κ3) is 6.84. The summed E-state index contributed by atoms with van der Waals surface area (Å²) in [6, 6.07) is 5.76. The van der Waals surface area contributed by atoms with Crippen LogP contribution in [0.25, 0.3) is 0 Å². The Morgan fingerprint density at radius 1 is 1.28 bits per heavy atom. The Morgan fingerprint density at radius 3 is 2.72 bits per heavy atom. The molecule has 2 aromatic heterocycles. The van der Waals surface area contributed by atoms with Gasteiger partial charge in [0.25, 0.3) is 0 Å². The lowest BCUT2D eigenvalue weighted by atomic mass is 10.2. The summed E-state index contributed by atoms with van der Waals surface area (Å²) in [5.41, 5.74) is 1.94. The molecule has 0 aliphatic carbocycles. The van der Waals surface area contributed by atoms with Crippen LogP contribution in [0.15, 0.2) is 22.5 Å². The third-order valence-electron chi connectivity index (χ3n) is 3.87. The van der Waals surface area contributed by atoms with Gasteiger partial charge in [0.15, 0.2) is 5.13 Å². The second-order valence-corrected chi connectivity index (χ2v) is 8.20. The molecule has 0 aromatic carbocycles. The molecule has 2 heterocycles. The Labute approximate surface area is 178 Å². The summed E-state index contributed by atoms with van der Waals surface area (Å²) in [6.07, 6.45) is 2.43. The third-order valence-corrected chi connectivity index (χ3v) is 6.05. The van der Waals surface area contributed by atoms with Crippen LogP contribution in [0.1, 0.15) is 50.6 Å². The minimum absolute atomic E-state index is 0.0752. The maximum atomic E-state index is 12.7. The zero-order valence-electron chi connectivity index (χ0n) is 16.7. The second kappa shape index (κ2) is 11.5. The highest BCUT2D eigenvalue weighted by molar-refractivity contribution is 8.00. The van der Waals surface area contributed by atoms with E-state index in [1.807, 2.05) is 13.0 Å². The van der Waals surface area contributed by atoms with Gasteiger partial charge in [-0.05, 0) is 31.9 Å². The molecule has 0 aliphatic rings. The number of ether oxygens (including phenoxy) is 1. The molecule has 1 atom stereocenters. The Hall–Kier alpha value is -2.44. The lowest BCUT2D eigenvalue weighted by Gasteiger charge is -2.14. The molecule has 0 aliphatic heterocycles. The van der Waals surface area contributed by atoms with Crippen molar-refractivity contribution in [1.82, 2.24) is 9.97 Å². The molecule has 0 saturated heterocycles. The van der Waals surface area contributed by atoms with Gasteiger partial charge in [-0.25, -0.2) is 9.97 Å². The van der Waals surface area contributed by atoms with Crippen LogP contribution in [0.3, 0.4) is 0 Å². The van der Waals surface area contributed by atoms with Crippen LogP contribution >= 0.6 is 23.1 Å². The largest absolute Gasteiger partial charge is 0.466 e. The summed E-state index contributed by atoms with van der Waals surface area (Å²) in [5.74, 6) is -0.555. The molecule has 1 amide bonds. The minimum atomic E-state index is -0.413. The SMILES string of the molecule is CCCc1ccc(C#N)c(SC(CC)C(=O)Nc2nc(CC(=O)OCC)cs2)n1. The van der Waals surface area contributed by atoms with Crippen molar-refractivity contribution in [3.05, 3.63) is 34.5 Å².